The van der Waals surface area contributed by atoms with Crippen molar-refractivity contribution >= 4 is 39.1 Å². The van der Waals surface area contributed by atoms with Crippen molar-refractivity contribution in [1.29, 1.82) is 0 Å². The molecule has 0 saturated heterocycles. The molecule has 2 N–H and O–H groups in total. The number of carbonyl (C=O) groups excluding carboxylic acids is 1. The van der Waals surface area contributed by atoms with E-state index in [1.54, 1.807) is 6.92 Å². The van der Waals surface area contributed by atoms with E-state index < -0.39 is 17.2 Å². The number of hydrogen-bond acceptors (Lipinski definition) is 2. The van der Waals surface area contributed by atoms with Gasteiger partial charge in [0.25, 0.3) is 5.91 Å². The molecule has 1 aromatic heterocycles. The Kier molecular flexibility index (Phi) is 4.25. The molecule has 0 aliphatic carbocycles. The number of hydrogen-bond donors (Lipinski definition) is 2. The smallest absolute Gasteiger partial charge is 0.261 e. The zero-order chi connectivity index (χ0) is 14.9. The molecule has 2 rings (SSSR count). The number of anilines is 1. The lowest BCUT2D eigenvalue weighted by atomic mass is 10.2. The number of benzene rings is 1. The van der Waals surface area contributed by atoms with Crippen molar-refractivity contribution in [2.24, 2.45) is 0 Å². The minimum absolute atomic E-state index is 0.0359. The normalized spacial score (nSPS) is 10.4. The molecule has 2 aromatic rings. The van der Waals surface area contributed by atoms with Gasteiger partial charge >= 0.3 is 0 Å². The quantitative estimate of drug-likeness (QED) is 0.862. The molecule has 0 spiro atoms. The molecule has 0 fully saturated rings. The van der Waals surface area contributed by atoms with Crippen LogP contribution in [0.2, 0.25) is 5.02 Å². The van der Waals surface area contributed by atoms with Crippen molar-refractivity contribution in [2.75, 3.05) is 5.32 Å². The Morgan fingerprint density at radius 3 is 2.70 bits per heavy atom. The van der Waals surface area contributed by atoms with Gasteiger partial charge in [0.15, 0.2) is 5.43 Å². The van der Waals surface area contributed by atoms with Crippen molar-refractivity contribution in [3.63, 3.8) is 0 Å². The van der Waals surface area contributed by atoms with E-state index in [2.05, 4.69) is 26.2 Å². The Bertz CT molecular complexity index is 722. The zero-order valence-electron chi connectivity index (χ0n) is 10.3. The van der Waals surface area contributed by atoms with E-state index in [0.29, 0.717) is 10.2 Å². The molecular weight excluding hydrogens is 351 g/mol. The lowest BCUT2D eigenvalue weighted by Crippen LogP contribution is -2.22. The van der Waals surface area contributed by atoms with Crippen molar-refractivity contribution in [3.8, 4) is 0 Å². The number of aryl methyl sites for hydroxylation is 1. The fourth-order valence-electron chi connectivity index (χ4n) is 1.59. The Morgan fingerprint density at radius 1 is 1.40 bits per heavy atom. The molecule has 0 unspecified atom stereocenters. The first kappa shape index (κ1) is 14.7. The number of pyridine rings is 1. The van der Waals surface area contributed by atoms with Gasteiger partial charge in [0.1, 0.15) is 11.4 Å². The van der Waals surface area contributed by atoms with Gasteiger partial charge in [0.2, 0.25) is 0 Å². The lowest BCUT2D eigenvalue weighted by molar-refractivity contribution is 0.102. The number of carbonyl (C=O) groups is 1. The van der Waals surface area contributed by atoms with Crippen LogP contribution in [0.4, 0.5) is 10.1 Å². The first-order valence-corrected chi connectivity index (χ1v) is 6.71. The van der Waals surface area contributed by atoms with Gasteiger partial charge < -0.3 is 10.3 Å². The summed E-state index contributed by atoms with van der Waals surface area (Å²) in [7, 11) is 0. The van der Waals surface area contributed by atoms with E-state index in [-0.39, 0.29) is 16.3 Å². The average molecular weight is 360 g/mol. The molecule has 1 amide bonds. The fraction of sp³-hybridized carbons (Fsp3) is 0.0769. The van der Waals surface area contributed by atoms with Crippen molar-refractivity contribution in [3.05, 3.63) is 61.2 Å². The van der Waals surface area contributed by atoms with Crippen LogP contribution < -0.4 is 10.7 Å². The minimum atomic E-state index is -0.625. The lowest BCUT2D eigenvalue weighted by Gasteiger charge is -2.09. The van der Waals surface area contributed by atoms with E-state index in [1.807, 2.05) is 0 Å². The summed E-state index contributed by atoms with van der Waals surface area (Å²) in [6.45, 7) is 1.70. The summed E-state index contributed by atoms with van der Waals surface area (Å²) in [4.78, 5) is 26.5. The van der Waals surface area contributed by atoms with Gasteiger partial charge in [-0.2, -0.15) is 0 Å². The van der Waals surface area contributed by atoms with E-state index in [9.17, 15) is 14.0 Å². The van der Waals surface area contributed by atoms with Gasteiger partial charge in [-0.15, -0.1) is 0 Å². The van der Waals surface area contributed by atoms with Crippen LogP contribution in [0.1, 0.15) is 16.1 Å². The van der Waals surface area contributed by atoms with Gasteiger partial charge in [-0.1, -0.05) is 11.6 Å². The second-order valence-electron chi connectivity index (χ2n) is 4.09. The summed E-state index contributed by atoms with van der Waals surface area (Å²) in [5.41, 5.74) is 0.390. The number of aromatic nitrogens is 1. The SMILES string of the molecule is Cc1cc(=O)c(C(=O)Nc2c(Cl)cc(F)cc2Br)c[nH]1. The van der Waals surface area contributed by atoms with Crippen LogP contribution in [-0.2, 0) is 0 Å². The van der Waals surface area contributed by atoms with Gasteiger partial charge in [-0.05, 0) is 35.0 Å². The van der Waals surface area contributed by atoms with Crippen molar-refractivity contribution in [1.82, 2.24) is 4.98 Å². The number of nitrogens with one attached hydrogen (secondary N) is 2. The second-order valence-corrected chi connectivity index (χ2v) is 5.35. The van der Waals surface area contributed by atoms with E-state index >= 15 is 0 Å². The molecule has 0 aliphatic rings. The molecule has 0 atom stereocenters. The molecule has 104 valence electrons. The number of halogens is 3. The first-order valence-electron chi connectivity index (χ1n) is 5.53. The highest BCUT2D eigenvalue weighted by Gasteiger charge is 2.15. The molecule has 4 nitrogen and oxygen atoms in total. The van der Waals surface area contributed by atoms with Gasteiger partial charge in [0, 0.05) is 22.4 Å². The molecule has 7 heteroatoms. The summed E-state index contributed by atoms with van der Waals surface area (Å²) in [6, 6.07) is 3.55. The van der Waals surface area contributed by atoms with Crippen LogP contribution in [-0.4, -0.2) is 10.9 Å². The Morgan fingerprint density at radius 2 is 2.10 bits per heavy atom. The van der Waals surface area contributed by atoms with E-state index in [0.717, 1.165) is 6.07 Å². The van der Waals surface area contributed by atoms with Gasteiger partial charge in [-0.3, -0.25) is 9.59 Å². The minimum Gasteiger partial charge on any atom is -0.364 e. The van der Waals surface area contributed by atoms with Crippen LogP contribution in [0.25, 0.3) is 0 Å². The molecule has 1 aromatic carbocycles. The predicted molar refractivity (Wildman–Crippen MR) is 78.9 cm³/mol. The monoisotopic (exact) mass is 358 g/mol. The largest absolute Gasteiger partial charge is 0.364 e. The number of aromatic amines is 1. The third-order valence-corrected chi connectivity index (χ3v) is 3.47. The summed E-state index contributed by atoms with van der Waals surface area (Å²) >= 11 is 8.96. The second kappa shape index (κ2) is 5.76. The highest BCUT2D eigenvalue weighted by atomic mass is 79.9. The topological polar surface area (TPSA) is 62.0 Å². The molecular formula is C13H9BrClFN2O2. The number of rotatable bonds is 2. The molecule has 20 heavy (non-hydrogen) atoms. The van der Waals surface area contributed by atoms with Gasteiger partial charge in [-0.25, -0.2) is 4.39 Å². The highest BCUT2D eigenvalue weighted by Crippen LogP contribution is 2.31. The number of H-pyrrole nitrogens is 1. The summed E-state index contributed by atoms with van der Waals surface area (Å²) in [6.07, 6.45) is 1.32. The van der Waals surface area contributed by atoms with Crippen LogP contribution in [0.5, 0.6) is 0 Å². The van der Waals surface area contributed by atoms with Crippen LogP contribution >= 0.6 is 27.5 Å². The molecule has 1 heterocycles. The maximum absolute atomic E-state index is 13.1. The molecule has 0 aliphatic heterocycles. The number of amides is 1. The first-order chi connectivity index (χ1) is 9.38. The zero-order valence-corrected chi connectivity index (χ0v) is 12.6. The third-order valence-electron chi connectivity index (χ3n) is 2.55. The Hall–Kier alpha value is -1.66. The molecule has 0 bridgehead atoms. The van der Waals surface area contributed by atoms with Crippen LogP contribution in [0.3, 0.4) is 0 Å². The van der Waals surface area contributed by atoms with E-state index in [4.69, 9.17) is 11.6 Å². The summed E-state index contributed by atoms with van der Waals surface area (Å²) in [5, 5.41) is 2.51. The fourth-order valence-corrected chi connectivity index (χ4v) is 2.49. The molecule has 0 radical (unpaired) electrons. The van der Waals surface area contributed by atoms with Crippen molar-refractivity contribution in [2.45, 2.75) is 6.92 Å². The van der Waals surface area contributed by atoms with Crippen LogP contribution in [0.15, 0.2) is 33.7 Å². The summed E-state index contributed by atoms with van der Waals surface area (Å²) < 4.78 is 13.4. The Labute approximate surface area is 127 Å². The maximum atomic E-state index is 13.1. The van der Waals surface area contributed by atoms with E-state index in [1.165, 1.54) is 18.3 Å². The average Bonchev–Trinajstić information content (AvgIpc) is 2.33. The Balaban J connectivity index is 2.35. The van der Waals surface area contributed by atoms with Gasteiger partial charge in [0.05, 0.1) is 10.7 Å². The standard InChI is InChI=1S/C13H9BrClFN2O2/c1-6-2-11(19)8(5-17-6)13(20)18-12-9(14)3-7(16)4-10(12)15/h2-5H,1H3,(H,17,19)(H,18,20). The maximum Gasteiger partial charge on any atom is 0.261 e. The van der Waals surface area contributed by atoms with Crippen LogP contribution in [0, 0.1) is 12.7 Å². The molecule has 0 saturated carbocycles. The highest BCUT2D eigenvalue weighted by molar-refractivity contribution is 9.10. The predicted octanol–water partition coefficient (Wildman–Crippen LogP) is 3.49. The van der Waals surface area contributed by atoms with Crippen molar-refractivity contribution < 1.29 is 9.18 Å². The summed E-state index contributed by atoms with van der Waals surface area (Å²) in [5.74, 6) is -1.16. The third kappa shape index (κ3) is 3.08.